The third kappa shape index (κ3) is 3.25. The van der Waals surface area contributed by atoms with Crippen molar-refractivity contribution in [3.05, 3.63) is 47.0 Å². The molecule has 7 nitrogen and oxygen atoms in total. The highest BCUT2D eigenvalue weighted by molar-refractivity contribution is 5.73. The van der Waals surface area contributed by atoms with Crippen LogP contribution < -0.4 is 5.32 Å². The largest absolute Gasteiger partial charge is 0.331 e. The molecule has 0 saturated heterocycles. The van der Waals surface area contributed by atoms with Crippen molar-refractivity contribution in [2.75, 3.05) is 14.1 Å². The van der Waals surface area contributed by atoms with Gasteiger partial charge in [-0.05, 0) is 23.7 Å². The van der Waals surface area contributed by atoms with Crippen LogP contribution in [0.3, 0.4) is 0 Å². The maximum Gasteiger partial charge on any atom is 0.317 e. The number of hydrogen-bond donors (Lipinski definition) is 2. The number of rotatable bonds is 4. The second-order valence-corrected chi connectivity index (χ2v) is 5.72. The Morgan fingerprint density at radius 1 is 1.41 bits per heavy atom. The van der Waals surface area contributed by atoms with Crippen LogP contribution >= 0.6 is 0 Å². The fourth-order valence-electron chi connectivity index (χ4n) is 2.67. The summed E-state index contributed by atoms with van der Waals surface area (Å²) in [5, 5.41) is 9.27. The van der Waals surface area contributed by atoms with E-state index in [4.69, 9.17) is 0 Å². The molecule has 0 aliphatic carbocycles. The number of aromatic nitrogens is 3. The molecule has 7 heteroatoms. The first-order chi connectivity index (χ1) is 10.6. The van der Waals surface area contributed by atoms with Gasteiger partial charge < -0.3 is 10.2 Å². The molecular weight excluding hydrogens is 280 g/mol. The van der Waals surface area contributed by atoms with Crippen molar-refractivity contribution in [1.29, 1.82) is 0 Å². The predicted octanol–water partition coefficient (Wildman–Crippen LogP) is 1.09. The van der Waals surface area contributed by atoms with Crippen molar-refractivity contribution < 1.29 is 4.79 Å². The van der Waals surface area contributed by atoms with Crippen molar-refractivity contribution in [2.45, 2.75) is 26.2 Å². The van der Waals surface area contributed by atoms with Crippen LogP contribution in [0, 0.1) is 0 Å². The lowest BCUT2D eigenvalue weighted by molar-refractivity contribution is 0.206. The summed E-state index contributed by atoms with van der Waals surface area (Å²) in [5.74, 6) is 0.641. The Bertz CT molecular complexity index is 654. The first-order valence-electron chi connectivity index (χ1n) is 7.24. The molecule has 22 heavy (non-hydrogen) atoms. The van der Waals surface area contributed by atoms with Crippen LogP contribution in [-0.2, 0) is 26.2 Å². The number of nitrogens with zero attached hydrogens (tertiary/aromatic N) is 4. The number of urea groups is 1. The topological polar surface area (TPSA) is 77.2 Å². The Morgan fingerprint density at radius 3 is 3.00 bits per heavy atom. The zero-order valence-corrected chi connectivity index (χ0v) is 12.8. The van der Waals surface area contributed by atoms with E-state index in [1.807, 2.05) is 0 Å². The molecule has 3 rings (SSSR count). The highest BCUT2D eigenvalue weighted by Crippen LogP contribution is 2.22. The first-order valence-corrected chi connectivity index (χ1v) is 7.24. The molecule has 0 atom stereocenters. The van der Waals surface area contributed by atoms with E-state index in [1.165, 1.54) is 17.5 Å². The Balaban J connectivity index is 1.56. The molecule has 1 aromatic carbocycles. The van der Waals surface area contributed by atoms with Gasteiger partial charge in [0.05, 0.1) is 6.54 Å². The highest BCUT2D eigenvalue weighted by Gasteiger charge is 2.16. The van der Waals surface area contributed by atoms with Gasteiger partial charge in [0.1, 0.15) is 12.2 Å². The minimum Gasteiger partial charge on any atom is -0.331 e. The number of carbonyl (C=O) groups is 1. The van der Waals surface area contributed by atoms with Crippen molar-refractivity contribution in [3.63, 3.8) is 0 Å². The number of carbonyl (C=O) groups excluding carboxylic acids is 1. The van der Waals surface area contributed by atoms with Gasteiger partial charge >= 0.3 is 6.03 Å². The van der Waals surface area contributed by atoms with Gasteiger partial charge in [0, 0.05) is 26.7 Å². The van der Waals surface area contributed by atoms with Gasteiger partial charge in [-0.3, -0.25) is 10.00 Å². The second kappa shape index (κ2) is 6.15. The molecule has 0 spiro atoms. The van der Waals surface area contributed by atoms with Crippen LogP contribution in [0.25, 0.3) is 0 Å². The normalized spacial score (nSPS) is 13.9. The number of fused-ring (bicyclic) bond motifs is 1. The number of amides is 2. The van der Waals surface area contributed by atoms with E-state index in [-0.39, 0.29) is 6.03 Å². The molecule has 0 radical (unpaired) electrons. The lowest BCUT2D eigenvalue weighted by atomic mass is 10.1. The average molecular weight is 300 g/mol. The summed E-state index contributed by atoms with van der Waals surface area (Å²) >= 11 is 0. The molecule has 2 aromatic rings. The third-order valence-corrected chi connectivity index (χ3v) is 3.79. The quantitative estimate of drug-likeness (QED) is 0.886. The van der Waals surface area contributed by atoms with Gasteiger partial charge in [-0.1, -0.05) is 18.2 Å². The molecule has 2 heterocycles. The summed E-state index contributed by atoms with van der Waals surface area (Å²) in [6, 6.07) is 6.32. The summed E-state index contributed by atoms with van der Waals surface area (Å²) in [7, 11) is 3.90. The lowest BCUT2D eigenvalue weighted by Gasteiger charge is -2.18. The molecule has 0 saturated carbocycles. The van der Waals surface area contributed by atoms with Gasteiger partial charge in [-0.25, -0.2) is 9.78 Å². The van der Waals surface area contributed by atoms with Gasteiger partial charge in [-0.15, -0.1) is 0 Å². The number of H-pyrrole nitrogens is 1. The van der Waals surface area contributed by atoms with E-state index in [9.17, 15) is 4.79 Å². The molecule has 2 amide bonds. The Labute approximate surface area is 129 Å². The van der Waals surface area contributed by atoms with Gasteiger partial charge in [0.2, 0.25) is 0 Å². The summed E-state index contributed by atoms with van der Waals surface area (Å²) in [6.07, 6.45) is 1.42. The summed E-state index contributed by atoms with van der Waals surface area (Å²) in [6.45, 7) is 2.91. The molecule has 0 bridgehead atoms. The van der Waals surface area contributed by atoms with E-state index in [0.29, 0.717) is 18.9 Å². The predicted molar refractivity (Wildman–Crippen MR) is 81.7 cm³/mol. The molecule has 1 aromatic heterocycles. The van der Waals surface area contributed by atoms with Crippen molar-refractivity contribution in [2.24, 2.45) is 0 Å². The molecule has 116 valence electrons. The molecule has 1 aliphatic rings. The zero-order valence-electron chi connectivity index (χ0n) is 12.8. The number of hydrogen-bond acceptors (Lipinski definition) is 4. The van der Waals surface area contributed by atoms with Crippen LogP contribution in [0.1, 0.15) is 22.5 Å². The van der Waals surface area contributed by atoms with E-state index in [2.05, 4.69) is 50.6 Å². The second-order valence-electron chi connectivity index (χ2n) is 5.72. The van der Waals surface area contributed by atoms with Gasteiger partial charge in [0.15, 0.2) is 0 Å². The van der Waals surface area contributed by atoms with Gasteiger partial charge in [0.25, 0.3) is 0 Å². The fraction of sp³-hybridized carbons (Fsp3) is 0.400. The number of benzene rings is 1. The summed E-state index contributed by atoms with van der Waals surface area (Å²) in [4.78, 5) is 20.0. The molecule has 0 unspecified atom stereocenters. The van der Waals surface area contributed by atoms with Crippen molar-refractivity contribution >= 4 is 6.03 Å². The minimum absolute atomic E-state index is 0.131. The highest BCUT2D eigenvalue weighted by atomic mass is 16.2. The molecule has 2 N–H and O–H groups in total. The standard InChI is InChI=1S/C15H20N6O/c1-20-8-12-4-3-11(5-13(12)9-20)7-21(2)15(22)16-6-14-17-10-18-19-14/h3-5,10H,6-9H2,1-2H3,(H,16,22)(H,17,18,19). The Hall–Kier alpha value is -2.41. The van der Waals surface area contributed by atoms with Crippen LogP contribution in [0.5, 0.6) is 0 Å². The summed E-state index contributed by atoms with van der Waals surface area (Å²) in [5.41, 5.74) is 3.88. The van der Waals surface area contributed by atoms with Crippen LogP contribution in [-0.4, -0.2) is 45.1 Å². The number of nitrogens with one attached hydrogen (secondary N) is 2. The van der Waals surface area contributed by atoms with Crippen molar-refractivity contribution in [1.82, 2.24) is 30.3 Å². The van der Waals surface area contributed by atoms with E-state index in [1.54, 1.807) is 11.9 Å². The Morgan fingerprint density at radius 2 is 2.23 bits per heavy atom. The SMILES string of the molecule is CN1Cc2ccc(CN(C)C(=O)NCc3ncn[nH]3)cc2C1. The molecule has 0 fully saturated rings. The fourth-order valence-corrected chi connectivity index (χ4v) is 2.67. The van der Waals surface area contributed by atoms with E-state index >= 15 is 0 Å². The van der Waals surface area contributed by atoms with Crippen LogP contribution in [0.2, 0.25) is 0 Å². The molecular formula is C15H20N6O. The van der Waals surface area contributed by atoms with E-state index < -0.39 is 0 Å². The zero-order chi connectivity index (χ0) is 15.5. The monoisotopic (exact) mass is 300 g/mol. The van der Waals surface area contributed by atoms with Crippen molar-refractivity contribution in [3.8, 4) is 0 Å². The van der Waals surface area contributed by atoms with E-state index in [0.717, 1.165) is 18.7 Å². The smallest absolute Gasteiger partial charge is 0.317 e. The van der Waals surface area contributed by atoms with Crippen LogP contribution in [0.15, 0.2) is 24.5 Å². The third-order valence-electron chi connectivity index (χ3n) is 3.79. The molecule has 1 aliphatic heterocycles. The lowest BCUT2D eigenvalue weighted by Crippen LogP contribution is -2.36. The average Bonchev–Trinajstić information content (AvgIpc) is 3.12. The van der Waals surface area contributed by atoms with Crippen LogP contribution in [0.4, 0.5) is 4.79 Å². The minimum atomic E-state index is -0.131. The first kappa shape index (κ1) is 14.5. The maximum absolute atomic E-state index is 12.1. The number of aromatic amines is 1. The van der Waals surface area contributed by atoms with Gasteiger partial charge in [-0.2, -0.15) is 5.10 Å². The maximum atomic E-state index is 12.1. The summed E-state index contributed by atoms with van der Waals surface area (Å²) < 4.78 is 0. The Kier molecular flexibility index (Phi) is 4.06.